The van der Waals surface area contributed by atoms with Gasteiger partial charge in [-0.3, -0.25) is 0 Å². The quantitative estimate of drug-likeness (QED) is 0.397. The molecule has 0 N–H and O–H groups in total. The first-order chi connectivity index (χ1) is 10.4. The van der Waals surface area contributed by atoms with Gasteiger partial charge in [0.15, 0.2) is 0 Å². The third-order valence-electron chi connectivity index (χ3n) is 4.20. The van der Waals surface area contributed by atoms with E-state index in [1.54, 1.807) is 0 Å². The summed E-state index contributed by atoms with van der Waals surface area (Å²) in [5.41, 5.74) is 1.18. The molecule has 0 heterocycles. The molecule has 0 aliphatic rings. The summed E-state index contributed by atoms with van der Waals surface area (Å²) in [7, 11) is 0. The van der Waals surface area contributed by atoms with E-state index in [0.717, 1.165) is 6.42 Å². The van der Waals surface area contributed by atoms with E-state index in [2.05, 4.69) is 25.1 Å². The fraction of sp³-hybridized carbons (Fsp3) is 0.650. The van der Waals surface area contributed by atoms with Crippen molar-refractivity contribution >= 4 is 0 Å². The molecule has 0 unspecified atom stereocenters. The minimum absolute atomic E-state index is 0.0836. The van der Waals surface area contributed by atoms with Crippen molar-refractivity contribution in [3.8, 4) is 6.07 Å². The Morgan fingerprint density at radius 3 is 1.86 bits per heavy atom. The van der Waals surface area contributed by atoms with Gasteiger partial charge in [-0.2, -0.15) is 5.26 Å². The first-order valence-electron chi connectivity index (χ1n) is 8.83. The predicted molar refractivity (Wildman–Crippen MR) is 91.3 cm³/mol. The van der Waals surface area contributed by atoms with Crippen LogP contribution in [0.5, 0.6) is 0 Å². The largest absolute Gasteiger partial charge is 0.198 e. The van der Waals surface area contributed by atoms with Gasteiger partial charge in [0.25, 0.3) is 0 Å². The first-order valence-corrected chi connectivity index (χ1v) is 8.83. The summed E-state index contributed by atoms with van der Waals surface area (Å²) in [5, 5.41) is 9.27. The van der Waals surface area contributed by atoms with Crippen molar-refractivity contribution in [2.24, 2.45) is 0 Å². The molecular formula is C20H31N. The molecular weight excluding hydrogens is 254 g/mol. The van der Waals surface area contributed by atoms with Gasteiger partial charge >= 0.3 is 0 Å². The molecule has 0 saturated heterocycles. The monoisotopic (exact) mass is 285 g/mol. The zero-order chi connectivity index (χ0) is 15.2. The van der Waals surface area contributed by atoms with Crippen molar-refractivity contribution in [1.82, 2.24) is 0 Å². The average Bonchev–Trinajstić information content (AvgIpc) is 2.54. The minimum atomic E-state index is 0.0836. The van der Waals surface area contributed by atoms with Crippen LogP contribution in [0, 0.1) is 11.3 Å². The summed E-state index contributed by atoms with van der Waals surface area (Å²) >= 11 is 0. The molecule has 0 amide bonds. The van der Waals surface area contributed by atoms with Crippen molar-refractivity contribution in [2.75, 3.05) is 0 Å². The highest BCUT2D eigenvalue weighted by Gasteiger charge is 2.08. The summed E-state index contributed by atoms with van der Waals surface area (Å²) in [6.45, 7) is 2.27. The Balaban J connectivity index is 2.00. The second-order valence-corrected chi connectivity index (χ2v) is 6.06. The molecule has 0 aliphatic carbocycles. The average molecular weight is 285 g/mol. The van der Waals surface area contributed by atoms with Crippen LogP contribution in [-0.4, -0.2) is 0 Å². The molecule has 0 aliphatic heterocycles. The number of unbranched alkanes of at least 4 members (excludes halogenated alkanes) is 9. The molecule has 21 heavy (non-hydrogen) atoms. The molecule has 1 heteroatoms. The zero-order valence-electron chi connectivity index (χ0n) is 13.7. The molecule has 1 aromatic carbocycles. The highest BCUT2D eigenvalue weighted by molar-refractivity contribution is 5.24. The van der Waals surface area contributed by atoms with Gasteiger partial charge in [0.1, 0.15) is 0 Å². The summed E-state index contributed by atoms with van der Waals surface area (Å²) in [4.78, 5) is 0. The second-order valence-electron chi connectivity index (χ2n) is 6.06. The van der Waals surface area contributed by atoms with Gasteiger partial charge in [-0.05, 0) is 12.0 Å². The van der Waals surface area contributed by atoms with E-state index in [0.29, 0.717) is 0 Å². The smallest absolute Gasteiger partial charge is 0.0712 e. The number of hydrogen-bond donors (Lipinski definition) is 0. The maximum Gasteiger partial charge on any atom is 0.0712 e. The lowest BCUT2D eigenvalue weighted by molar-refractivity contribution is 0.544. The highest BCUT2D eigenvalue weighted by atomic mass is 14.3. The van der Waals surface area contributed by atoms with E-state index < -0.39 is 0 Å². The van der Waals surface area contributed by atoms with Gasteiger partial charge in [-0.1, -0.05) is 101 Å². The van der Waals surface area contributed by atoms with Crippen molar-refractivity contribution in [3.05, 3.63) is 35.9 Å². The van der Waals surface area contributed by atoms with Crippen LogP contribution in [-0.2, 0) is 0 Å². The third-order valence-corrected chi connectivity index (χ3v) is 4.20. The Morgan fingerprint density at radius 2 is 1.33 bits per heavy atom. The maximum atomic E-state index is 9.27. The van der Waals surface area contributed by atoms with Gasteiger partial charge in [0, 0.05) is 0 Å². The predicted octanol–water partition coefficient (Wildman–Crippen LogP) is 6.60. The normalized spacial score (nSPS) is 12.0. The maximum absolute atomic E-state index is 9.27. The molecule has 0 saturated carbocycles. The standard InChI is InChI=1S/C20H31N/c1-2-3-4-5-6-7-8-9-10-12-17-20(18-21)19-15-13-11-14-16-19/h11,13-16,20H,2-10,12,17H2,1H3/t20-/m0/s1. The lowest BCUT2D eigenvalue weighted by atomic mass is 9.94. The Bertz CT molecular complexity index is 377. The number of nitrogens with zero attached hydrogens (tertiary/aromatic N) is 1. The fourth-order valence-corrected chi connectivity index (χ4v) is 2.83. The molecule has 1 aromatic rings. The molecule has 0 fully saturated rings. The molecule has 0 radical (unpaired) electrons. The number of nitriles is 1. The van der Waals surface area contributed by atoms with Crippen LogP contribution in [0.15, 0.2) is 30.3 Å². The second kappa shape index (κ2) is 12.5. The van der Waals surface area contributed by atoms with E-state index in [1.165, 1.54) is 69.8 Å². The van der Waals surface area contributed by atoms with Crippen LogP contribution >= 0.6 is 0 Å². The van der Waals surface area contributed by atoms with E-state index >= 15 is 0 Å². The van der Waals surface area contributed by atoms with Crippen molar-refractivity contribution in [1.29, 1.82) is 5.26 Å². The summed E-state index contributed by atoms with van der Waals surface area (Å²) < 4.78 is 0. The minimum Gasteiger partial charge on any atom is -0.198 e. The molecule has 0 spiro atoms. The van der Waals surface area contributed by atoms with Crippen LogP contribution in [0.3, 0.4) is 0 Å². The SMILES string of the molecule is CCCCCCCCCCCC[C@@H](C#N)c1ccccc1. The van der Waals surface area contributed by atoms with E-state index in [1.807, 2.05) is 18.2 Å². The summed E-state index contributed by atoms with van der Waals surface area (Å²) in [5.74, 6) is 0.0836. The highest BCUT2D eigenvalue weighted by Crippen LogP contribution is 2.22. The molecule has 1 rings (SSSR count). The van der Waals surface area contributed by atoms with Crippen molar-refractivity contribution in [2.45, 2.75) is 83.5 Å². The molecule has 116 valence electrons. The Hall–Kier alpha value is -1.29. The Kier molecular flexibility index (Phi) is 10.5. The van der Waals surface area contributed by atoms with Crippen molar-refractivity contribution in [3.63, 3.8) is 0 Å². The van der Waals surface area contributed by atoms with Crippen LogP contribution in [0.25, 0.3) is 0 Å². The van der Waals surface area contributed by atoms with Crippen LogP contribution in [0.4, 0.5) is 0 Å². The topological polar surface area (TPSA) is 23.8 Å². The van der Waals surface area contributed by atoms with E-state index in [-0.39, 0.29) is 5.92 Å². The van der Waals surface area contributed by atoms with Gasteiger partial charge in [0.2, 0.25) is 0 Å². The summed E-state index contributed by atoms with van der Waals surface area (Å²) in [6, 6.07) is 12.7. The number of rotatable bonds is 12. The van der Waals surface area contributed by atoms with Crippen molar-refractivity contribution < 1.29 is 0 Å². The number of hydrogen-bond acceptors (Lipinski definition) is 1. The first kappa shape index (κ1) is 17.8. The van der Waals surface area contributed by atoms with Gasteiger partial charge < -0.3 is 0 Å². The molecule has 1 nitrogen and oxygen atoms in total. The van der Waals surface area contributed by atoms with Gasteiger partial charge in [0.05, 0.1) is 12.0 Å². The molecule has 1 atom stereocenters. The Morgan fingerprint density at radius 1 is 0.810 bits per heavy atom. The van der Waals surface area contributed by atoms with E-state index in [4.69, 9.17) is 0 Å². The lowest BCUT2D eigenvalue weighted by Gasteiger charge is -2.09. The van der Waals surface area contributed by atoms with Crippen LogP contribution in [0.2, 0.25) is 0 Å². The summed E-state index contributed by atoms with van der Waals surface area (Å²) in [6.07, 6.45) is 14.5. The fourth-order valence-electron chi connectivity index (χ4n) is 2.83. The zero-order valence-corrected chi connectivity index (χ0v) is 13.7. The van der Waals surface area contributed by atoms with E-state index in [9.17, 15) is 5.26 Å². The van der Waals surface area contributed by atoms with Crippen LogP contribution < -0.4 is 0 Å². The van der Waals surface area contributed by atoms with Crippen LogP contribution in [0.1, 0.15) is 89.0 Å². The van der Waals surface area contributed by atoms with Gasteiger partial charge in [-0.25, -0.2) is 0 Å². The lowest BCUT2D eigenvalue weighted by Crippen LogP contribution is -1.95. The molecule has 0 bridgehead atoms. The third kappa shape index (κ3) is 8.56. The Labute approximate surface area is 131 Å². The van der Waals surface area contributed by atoms with Gasteiger partial charge in [-0.15, -0.1) is 0 Å². The molecule has 0 aromatic heterocycles. The number of benzene rings is 1.